The van der Waals surface area contributed by atoms with Crippen molar-refractivity contribution in [1.29, 1.82) is 0 Å². The zero-order valence-corrected chi connectivity index (χ0v) is 11.4. The molecule has 5 nitrogen and oxygen atoms in total. The van der Waals surface area contributed by atoms with Crippen LogP contribution in [-0.4, -0.2) is 30.9 Å². The van der Waals surface area contributed by atoms with E-state index >= 15 is 0 Å². The average Bonchev–Trinajstić information content (AvgIpc) is 3.19. The van der Waals surface area contributed by atoms with Crippen molar-refractivity contribution < 1.29 is 18.7 Å². The van der Waals surface area contributed by atoms with Gasteiger partial charge in [-0.25, -0.2) is 4.79 Å². The fourth-order valence-electron chi connectivity index (χ4n) is 2.67. The van der Waals surface area contributed by atoms with Gasteiger partial charge in [0.2, 0.25) is 5.91 Å². The lowest BCUT2D eigenvalue weighted by atomic mass is 10.2. The molecule has 0 atom stereocenters. The van der Waals surface area contributed by atoms with Gasteiger partial charge >= 0.3 is 5.97 Å². The van der Waals surface area contributed by atoms with E-state index in [2.05, 4.69) is 4.74 Å². The van der Waals surface area contributed by atoms with Gasteiger partial charge in [0.25, 0.3) is 0 Å². The molecule has 0 unspecified atom stereocenters. The molecule has 102 valence electrons. The first kappa shape index (κ1) is 12.3. The summed E-state index contributed by atoms with van der Waals surface area (Å²) in [5, 5.41) is 0. The molecule has 1 heterocycles. The van der Waals surface area contributed by atoms with Gasteiger partial charge in [-0.15, -0.1) is 0 Å². The molecule has 2 fully saturated rings. The number of fused-ring (bicyclic) bond motifs is 1. The first-order valence-corrected chi connectivity index (χ1v) is 6.41. The van der Waals surface area contributed by atoms with E-state index < -0.39 is 5.97 Å². The summed E-state index contributed by atoms with van der Waals surface area (Å²) < 4.78 is 10.2. The molecule has 0 radical (unpaired) electrons. The van der Waals surface area contributed by atoms with Crippen molar-refractivity contribution in [1.82, 2.24) is 4.90 Å². The van der Waals surface area contributed by atoms with Crippen LogP contribution in [0.1, 0.15) is 34.7 Å². The topological polar surface area (TPSA) is 59.8 Å². The van der Waals surface area contributed by atoms with Gasteiger partial charge in [-0.1, -0.05) is 0 Å². The maximum absolute atomic E-state index is 12.1. The molecule has 0 aliphatic heterocycles. The predicted molar refractivity (Wildman–Crippen MR) is 66.4 cm³/mol. The summed E-state index contributed by atoms with van der Waals surface area (Å²) in [7, 11) is 3.12. The van der Waals surface area contributed by atoms with Crippen LogP contribution in [0, 0.1) is 18.3 Å². The minimum absolute atomic E-state index is 0.0262. The second-order valence-electron chi connectivity index (χ2n) is 5.60. The van der Waals surface area contributed by atoms with Crippen molar-refractivity contribution >= 4 is 11.9 Å². The second-order valence-corrected chi connectivity index (χ2v) is 5.60. The van der Waals surface area contributed by atoms with Gasteiger partial charge in [0.1, 0.15) is 17.1 Å². The number of rotatable bonds is 4. The normalized spacial score (nSPS) is 26.6. The predicted octanol–water partition coefficient (Wildman–Crippen LogP) is 1.74. The van der Waals surface area contributed by atoms with Gasteiger partial charge in [-0.2, -0.15) is 0 Å². The molecule has 0 saturated heterocycles. The highest BCUT2D eigenvalue weighted by Gasteiger charge is 2.75. The Balaban J connectivity index is 1.69. The van der Waals surface area contributed by atoms with Gasteiger partial charge in [-0.05, 0) is 31.7 Å². The Hall–Kier alpha value is -1.78. The molecular formula is C14H17NO4. The number of nitrogens with zero attached hydrogens (tertiary/aromatic N) is 1. The van der Waals surface area contributed by atoms with E-state index in [4.69, 9.17) is 4.42 Å². The Labute approximate surface area is 111 Å². The monoisotopic (exact) mass is 263 g/mol. The first-order valence-electron chi connectivity index (χ1n) is 6.41. The highest BCUT2D eigenvalue weighted by molar-refractivity contribution is 5.91. The standard InChI is InChI=1S/C14H17NO4/c1-8-11(12(16)18-3)4-10(19-8)7-15(2)13(17)14-5-9(14)6-14/h4,9H,5-7H2,1-3H3. The van der Waals surface area contributed by atoms with Gasteiger partial charge in [0.15, 0.2) is 0 Å². The number of carbonyl (C=O) groups excluding carboxylic acids is 2. The molecule has 0 N–H and O–H groups in total. The third-order valence-electron chi connectivity index (χ3n) is 4.22. The molecule has 0 spiro atoms. The van der Waals surface area contributed by atoms with Gasteiger partial charge in [0.05, 0.1) is 19.1 Å². The zero-order chi connectivity index (χ0) is 13.8. The quantitative estimate of drug-likeness (QED) is 0.776. The van der Waals surface area contributed by atoms with E-state index in [9.17, 15) is 9.59 Å². The molecule has 1 aromatic heterocycles. The minimum atomic E-state index is -0.412. The van der Waals surface area contributed by atoms with Crippen molar-refractivity contribution in [2.24, 2.45) is 11.3 Å². The molecule has 0 bridgehead atoms. The van der Waals surface area contributed by atoms with Crippen molar-refractivity contribution in [3.05, 3.63) is 23.2 Å². The SMILES string of the molecule is COC(=O)c1cc(CN(C)C(=O)C23CC2C3)oc1C. The molecular weight excluding hydrogens is 246 g/mol. The Morgan fingerprint density at radius 3 is 2.68 bits per heavy atom. The molecule has 0 aromatic carbocycles. The number of furan rings is 1. The Bertz CT molecular complexity index is 554. The summed E-state index contributed by atoms with van der Waals surface area (Å²) >= 11 is 0. The third kappa shape index (κ3) is 1.84. The summed E-state index contributed by atoms with van der Waals surface area (Å²) in [6.45, 7) is 2.11. The molecule has 2 saturated carbocycles. The first-order chi connectivity index (χ1) is 8.98. The lowest BCUT2D eigenvalue weighted by molar-refractivity contribution is -0.134. The molecule has 1 amide bonds. The van der Waals surface area contributed by atoms with Crippen molar-refractivity contribution in [3.8, 4) is 0 Å². The van der Waals surface area contributed by atoms with Crippen LogP contribution in [0.15, 0.2) is 10.5 Å². The highest BCUT2D eigenvalue weighted by Crippen LogP contribution is 2.75. The van der Waals surface area contributed by atoms with Crippen molar-refractivity contribution in [3.63, 3.8) is 0 Å². The maximum atomic E-state index is 12.1. The number of aryl methyl sites for hydroxylation is 1. The summed E-state index contributed by atoms with van der Waals surface area (Å²) in [6.07, 6.45) is 2.08. The fourth-order valence-corrected chi connectivity index (χ4v) is 2.67. The fraction of sp³-hybridized carbons (Fsp3) is 0.571. The number of carbonyl (C=O) groups is 2. The van der Waals surface area contributed by atoms with Crippen LogP contribution in [0.5, 0.6) is 0 Å². The second kappa shape index (κ2) is 3.85. The lowest BCUT2D eigenvalue weighted by Crippen LogP contribution is -2.30. The van der Waals surface area contributed by atoms with E-state index in [-0.39, 0.29) is 11.3 Å². The molecule has 3 rings (SSSR count). The third-order valence-corrected chi connectivity index (χ3v) is 4.22. The van der Waals surface area contributed by atoms with Crippen LogP contribution < -0.4 is 0 Å². The van der Waals surface area contributed by atoms with Gasteiger partial charge in [-0.3, -0.25) is 4.79 Å². The Morgan fingerprint density at radius 2 is 2.16 bits per heavy atom. The van der Waals surface area contributed by atoms with Crippen LogP contribution in [0.2, 0.25) is 0 Å². The molecule has 2 aliphatic rings. The number of methoxy groups -OCH3 is 1. The smallest absolute Gasteiger partial charge is 0.341 e. The van der Waals surface area contributed by atoms with Crippen LogP contribution in [0.25, 0.3) is 0 Å². The summed E-state index contributed by atoms with van der Waals surface area (Å²) in [5.74, 6) is 1.56. The van der Waals surface area contributed by atoms with Gasteiger partial charge in [0, 0.05) is 7.05 Å². The maximum Gasteiger partial charge on any atom is 0.341 e. The minimum Gasteiger partial charge on any atom is -0.465 e. The van der Waals surface area contributed by atoms with Gasteiger partial charge < -0.3 is 14.1 Å². The highest BCUT2D eigenvalue weighted by atomic mass is 16.5. The number of ether oxygens (including phenoxy) is 1. The Morgan fingerprint density at radius 1 is 1.53 bits per heavy atom. The van der Waals surface area contributed by atoms with Crippen LogP contribution in [0.4, 0.5) is 0 Å². The van der Waals surface area contributed by atoms with E-state index in [1.165, 1.54) is 7.11 Å². The lowest BCUT2D eigenvalue weighted by Gasteiger charge is -2.17. The van der Waals surface area contributed by atoms with E-state index in [0.29, 0.717) is 29.5 Å². The molecule has 5 heteroatoms. The van der Waals surface area contributed by atoms with Crippen molar-refractivity contribution in [2.45, 2.75) is 26.3 Å². The van der Waals surface area contributed by atoms with Crippen molar-refractivity contribution in [2.75, 3.05) is 14.2 Å². The zero-order valence-electron chi connectivity index (χ0n) is 11.4. The van der Waals surface area contributed by atoms with E-state index in [1.54, 1.807) is 24.9 Å². The summed E-state index contributed by atoms with van der Waals surface area (Å²) in [6, 6.07) is 1.65. The Kier molecular flexibility index (Phi) is 2.49. The number of esters is 1. The summed E-state index contributed by atoms with van der Waals surface area (Å²) in [4.78, 5) is 25.3. The largest absolute Gasteiger partial charge is 0.465 e. The van der Waals surface area contributed by atoms with Crippen LogP contribution in [0.3, 0.4) is 0 Å². The van der Waals surface area contributed by atoms with E-state index in [1.807, 2.05) is 0 Å². The molecule has 2 aliphatic carbocycles. The molecule has 1 aromatic rings. The van der Waals surface area contributed by atoms with E-state index in [0.717, 1.165) is 12.8 Å². The number of amides is 1. The molecule has 19 heavy (non-hydrogen) atoms. The number of hydrogen-bond donors (Lipinski definition) is 0. The van der Waals surface area contributed by atoms with Crippen LogP contribution >= 0.6 is 0 Å². The summed E-state index contributed by atoms with van der Waals surface area (Å²) in [5.41, 5.74) is 0.397. The number of hydrogen-bond acceptors (Lipinski definition) is 4. The van der Waals surface area contributed by atoms with Crippen LogP contribution in [-0.2, 0) is 16.1 Å². The average molecular weight is 263 g/mol.